The van der Waals surface area contributed by atoms with Crippen LogP contribution < -0.4 is 10.6 Å². The molecule has 2 rings (SSSR count). The van der Waals surface area contributed by atoms with E-state index in [2.05, 4.69) is 15.4 Å². The molecule has 1 unspecified atom stereocenters. The molecule has 1 atom stereocenters. The van der Waals surface area contributed by atoms with Crippen LogP contribution in [0, 0.1) is 11.7 Å². The zero-order valence-corrected chi connectivity index (χ0v) is 19.0. The number of esters is 1. The topological polar surface area (TPSA) is 138 Å². The molecule has 184 valence electrons. The average Bonchev–Trinajstić information content (AvgIpc) is 3.33. The Morgan fingerprint density at radius 1 is 1.21 bits per heavy atom. The number of nitrogens with one attached hydrogen (secondary N) is 2. The summed E-state index contributed by atoms with van der Waals surface area (Å²) in [5, 5.41) is 14.9. The zero-order valence-electron chi connectivity index (χ0n) is 19.0. The number of rotatable bonds is 13. The number of hydroxylamine groups is 2. The molecule has 0 aliphatic carbocycles. The van der Waals surface area contributed by atoms with Crippen molar-refractivity contribution in [3.8, 4) is 11.3 Å². The van der Waals surface area contributed by atoms with Crippen molar-refractivity contribution in [1.29, 1.82) is 0 Å². The standard InChI is InChI=1S/C23H28FN3O7/c1-3-4-5-6-16(12-27(32)14-28)21(29)25-13-26-22(30)20-10-9-19(34-20)15-7-8-18(24)17(11-15)23(31)33-2/h7-11,14,16,32H,3-6,12-13H2,1-2H3,(H,25,29)(H,26,30). The lowest BCUT2D eigenvalue weighted by atomic mass is 10.0. The minimum absolute atomic E-state index is 0.0600. The summed E-state index contributed by atoms with van der Waals surface area (Å²) in [5.41, 5.74) is 0.0995. The predicted octanol–water partition coefficient (Wildman–Crippen LogP) is 2.72. The number of carbonyl (C=O) groups excluding carboxylic acids is 4. The molecule has 0 radical (unpaired) electrons. The van der Waals surface area contributed by atoms with Gasteiger partial charge in [0, 0.05) is 5.56 Å². The van der Waals surface area contributed by atoms with Gasteiger partial charge in [0.15, 0.2) is 5.76 Å². The van der Waals surface area contributed by atoms with Crippen molar-refractivity contribution in [2.45, 2.75) is 32.6 Å². The third-order valence-corrected chi connectivity index (χ3v) is 5.05. The van der Waals surface area contributed by atoms with E-state index >= 15 is 0 Å². The normalized spacial score (nSPS) is 11.4. The molecule has 0 spiro atoms. The summed E-state index contributed by atoms with van der Waals surface area (Å²) in [6.07, 6.45) is 3.32. The molecule has 3 N–H and O–H groups in total. The van der Waals surface area contributed by atoms with E-state index in [1.807, 2.05) is 6.92 Å². The maximum absolute atomic E-state index is 13.8. The van der Waals surface area contributed by atoms with Crippen molar-refractivity contribution in [1.82, 2.24) is 15.7 Å². The van der Waals surface area contributed by atoms with Gasteiger partial charge < -0.3 is 19.8 Å². The van der Waals surface area contributed by atoms with E-state index in [4.69, 9.17) is 4.42 Å². The average molecular weight is 477 g/mol. The van der Waals surface area contributed by atoms with Crippen molar-refractivity contribution in [3.05, 3.63) is 47.5 Å². The van der Waals surface area contributed by atoms with E-state index in [1.54, 1.807) is 0 Å². The van der Waals surface area contributed by atoms with Crippen LogP contribution in [0.15, 0.2) is 34.7 Å². The summed E-state index contributed by atoms with van der Waals surface area (Å²) in [4.78, 5) is 47.1. The van der Waals surface area contributed by atoms with E-state index in [0.29, 0.717) is 17.0 Å². The summed E-state index contributed by atoms with van der Waals surface area (Å²) in [6.45, 7) is 1.66. The SMILES string of the molecule is CCCCCC(CN(O)C=O)C(=O)NCNC(=O)c1ccc(-c2ccc(F)c(C(=O)OC)c2)o1. The highest BCUT2D eigenvalue weighted by Crippen LogP contribution is 2.25. The number of nitrogens with zero attached hydrogens (tertiary/aromatic N) is 1. The van der Waals surface area contributed by atoms with Gasteiger partial charge in [0.25, 0.3) is 5.91 Å². The van der Waals surface area contributed by atoms with E-state index in [1.165, 1.54) is 24.3 Å². The zero-order chi connectivity index (χ0) is 25.1. The number of amides is 3. The van der Waals surface area contributed by atoms with Crippen LogP contribution in [-0.2, 0) is 14.3 Å². The molecule has 2 aromatic rings. The third-order valence-electron chi connectivity index (χ3n) is 5.05. The molecule has 34 heavy (non-hydrogen) atoms. The van der Waals surface area contributed by atoms with Gasteiger partial charge in [-0.15, -0.1) is 0 Å². The number of benzene rings is 1. The molecule has 0 saturated heterocycles. The first kappa shape index (κ1) is 26.5. The Balaban J connectivity index is 1.96. The van der Waals surface area contributed by atoms with Gasteiger partial charge in [-0.1, -0.05) is 26.2 Å². The summed E-state index contributed by atoms with van der Waals surface area (Å²) >= 11 is 0. The Hall–Kier alpha value is -3.73. The van der Waals surface area contributed by atoms with Gasteiger partial charge in [0.1, 0.15) is 11.6 Å². The predicted molar refractivity (Wildman–Crippen MR) is 118 cm³/mol. The summed E-state index contributed by atoms with van der Waals surface area (Å²) < 4.78 is 23.9. The molecule has 1 aromatic carbocycles. The molecular formula is C23H28FN3O7. The number of unbranched alkanes of at least 4 members (excludes halogenated alkanes) is 2. The Labute approximate surface area is 196 Å². The highest BCUT2D eigenvalue weighted by atomic mass is 19.1. The van der Waals surface area contributed by atoms with Crippen molar-refractivity contribution in [2.75, 3.05) is 20.3 Å². The monoisotopic (exact) mass is 477 g/mol. The second kappa shape index (κ2) is 13.1. The number of methoxy groups -OCH3 is 1. The summed E-state index contributed by atoms with van der Waals surface area (Å²) in [6, 6.07) is 6.62. The molecule has 0 fully saturated rings. The highest BCUT2D eigenvalue weighted by Gasteiger charge is 2.21. The first-order chi connectivity index (χ1) is 16.3. The van der Waals surface area contributed by atoms with Gasteiger partial charge in [0.05, 0.1) is 31.8 Å². The van der Waals surface area contributed by atoms with Crippen LogP contribution in [0.2, 0.25) is 0 Å². The lowest BCUT2D eigenvalue weighted by Gasteiger charge is -2.19. The summed E-state index contributed by atoms with van der Waals surface area (Å²) in [7, 11) is 1.14. The first-order valence-corrected chi connectivity index (χ1v) is 10.8. The molecule has 1 heterocycles. The maximum atomic E-state index is 13.8. The molecule has 0 aliphatic rings. The van der Waals surface area contributed by atoms with E-state index in [9.17, 15) is 28.8 Å². The molecule has 10 nitrogen and oxygen atoms in total. The lowest BCUT2D eigenvalue weighted by molar-refractivity contribution is -0.154. The second-order valence-corrected chi connectivity index (χ2v) is 7.49. The number of halogens is 1. The Bertz CT molecular complexity index is 1010. The number of furan rings is 1. The molecule has 0 bridgehead atoms. The lowest BCUT2D eigenvalue weighted by Crippen LogP contribution is -2.42. The van der Waals surface area contributed by atoms with Gasteiger partial charge in [-0.3, -0.25) is 19.6 Å². The van der Waals surface area contributed by atoms with Gasteiger partial charge in [-0.25, -0.2) is 14.2 Å². The molecule has 11 heteroatoms. The Kier molecular flexibility index (Phi) is 10.2. The number of hydrogen-bond acceptors (Lipinski definition) is 7. The second-order valence-electron chi connectivity index (χ2n) is 7.49. The quantitative estimate of drug-likeness (QED) is 0.101. The van der Waals surface area contributed by atoms with E-state index in [-0.39, 0.29) is 36.7 Å². The minimum atomic E-state index is -0.843. The molecular weight excluding hydrogens is 449 g/mol. The largest absolute Gasteiger partial charge is 0.465 e. The fourth-order valence-electron chi connectivity index (χ4n) is 3.22. The van der Waals surface area contributed by atoms with Gasteiger partial charge in [0.2, 0.25) is 12.3 Å². The van der Waals surface area contributed by atoms with Crippen LogP contribution >= 0.6 is 0 Å². The number of carbonyl (C=O) groups is 4. The number of hydrogen-bond donors (Lipinski definition) is 3. The maximum Gasteiger partial charge on any atom is 0.340 e. The van der Waals surface area contributed by atoms with Crippen molar-refractivity contribution in [2.24, 2.45) is 5.92 Å². The number of ether oxygens (including phenoxy) is 1. The first-order valence-electron chi connectivity index (χ1n) is 10.8. The third kappa shape index (κ3) is 7.41. The van der Waals surface area contributed by atoms with Crippen LogP contribution in [-0.4, -0.2) is 54.8 Å². The Morgan fingerprint density at radius 3 is 2.65 bits per heavy atom. The highest BCUT2D eigenvalue weighted by molar-refractivity contribution is 5.93. The van der Waals surface area contributed by atoms with E-state index < -0.39 is 29.5 Å². The van der Waals surface area contributed by atoms with Crippen molar-refractivity contribution < 1.29 is 37.9 Å². The van der Waals surface area contributed by atoms with Crippen LogP contribution in [0.5, 0.6) is 0 Å². The minimum Gasteiger partial charge on any atom is -0.465 e. The smallest absolute Gasteiger partial charge is 0.340 e. The van der Waals surface area contributed by atoms with Gasteiger partial charge in [-0.2, -0.15) is 0 Å². The molecule has 0 saturated carbocycles. The Morgan fingerprint density at radius 2 is 1.97 bits per heavy atom. The van der Waals surface area contributed by atoms with Crippen molar-refractivity contribution in [3.63, 3.8) is 0 Å². The van der Waals surface area contributed by atoms with Gasteiger partial charge >= 0.3 is 5.97 Å². The molecule has 3 amide bonds. The van der Waals surface area contributed by atoms with Crippen LogP contribution in [0.1, 0.15) is 53.5 Å². The van der Waals surface area contributed by atoms with Crippen LogP contribution in [0.3, 0.4) is 0 Å². The van der Waals surface area contributed by atoms with Crippen molar-refractivity contribution >= 4 is 24.2 Å². The fraction of sp³-hybridized carbons (Fsp3) is 0.391. The molecule has 0 aliphatic heterocycles. The van der Waals surface area contributed by atoms with Crippen LogP contribution in [0.4, 0.5) is 4.39 Å². The van der Waals surface area contributed by atoms with Crippen LogP contribution in [0.25, 0.3) is 11.3 Å². The fourth-order valence-corrected chi connectivity index (χ4v) is 3.22. The summed E-state index contributed by atoms with van der Waals surface area (Å²) in [5.74, 6) is -3.08. The molecule has 1 aromatic heterocycles. The van der Waals surface area contributed by atoms with Gasteiger partial charge in [-0.05, 0) is 36.8 Å². The van der Waals surface area contributed by atoms with E-state index in [0.717, 1.165) is 32.4 Å².